The van der Waals surface area contributed by atoms with Gasteiger partial charge in [0.15, 0.2) is 5.13 Å². The van der Waals surface area contributed by atoms with Crippen LogP contribution in [0.3, 0.4) is 0 Å². The SMILES string of the molecule is Cc1occc1C(=O)Nc1nc(CC(=O)Nc2ccc(Cl)cc2)cs1. The first-order valence-electron chi connectivity index (χ1n) is 7.36. The molecular formula is C17H14ClN3O3S. The van der Waals surface area contributed by atoms with E-state index in [1.54, 1.807) is 42.6 Å². The maximum Gasteiger partial charge on any atom is 0.260 e. The Bertz CT molecular complexity index is 902. The van der Waals surface area contributed by atoms with Crippen LogP contribution in [0.15, 0.2) is 46.4 Å². The Balaban J connectivity index is 1.58. The first-order valence-corrected chi connectivity index (χ1v) is 8.62. The van der Waals surface area contributed by atoms with E-state index in [9.17, 15) is 9.59 Å². The van der Waals surface area contributed by atoms with E-state index in [4.69, 9.17) is 16.0 Å². The van der Waals surface area contributed by atoms with Crippen molar-refractivity contribution in [3.05, 3.63) is 64.0 Å². The third-order valence-corrected chi connectivity index (χ3v) is 4.40. The third kappa shape index (κ3) is 4.46. The van der Waals surface area contributed by atoms with E-state index >= 15 is 0 Å². The number of nitrogens with one attached hydrogen (secondary N) is 2. The number of aryl methyl sites for hydroxylation is 1. The van der Waals surface area contributed by atoms with Gasteiger partial charge in [0.2, 0.25) is 5.91 Å². The monoisotopic (exact) mass is 375 g/mol. The summed E-state index contributed by atoms with van der Waals surface area (Å²) >= 11 is 7.07. The largest absolute Gasteiger partial charge is 0.469 e. The molecule has 6 nitrogen and oxygen atoms in total. The van der Waals surface area contributed by atoms with Gasteiger partial charge in [-0.2, -0.15) is 0 Å². The standard InChI is InChI=1S/C17H14ClN3O3S/c1-10-14(6-7-24-10)16(23)21-17-20-13(9-25-17)8-15(22)19-12-4-2-11(18)3-5-12/h2-7,9H,8H2,1H3,(H,19,22)(H,20,21,23). The van der Waals surface area contributed by atoms with Crippen molar-refractivity contribution in [3.8, 4) is 0 Å². The molecule has 3 rings (SSSR count). The predicted octanol–water partition coefficient (Wildman–Crippen LogP) is 4.13. The molecule has 0 fully saturated rings. The molecule has 25 heavy (non-hydrogen) atoms. The Morgan fingerprint density at radius 1 is 1.20 bits per heavy atom. The molecule has 0 spiro atoms. The molecule has 0 saturated carbocycles. The molecule has 0 aliphatic rings. The maximum absolute atomic E-state index is 12.1. The van der Waals surface area contributed by atoms with Gasteiger partial charge in [0, 0.05) is 16.1 Å². The number of anilines is 2. The van der Waals surface area contributed by atoms with Gasteiger partial charge in [-0.15, -0.1) is 11.3 Å². The Kier molecular flexibility index (Phi) is 5.16. The second kappa shape index (κ2) is 7.50. The molecule has 8 heteroatoms. The van der Waals surface area contributed by atoms with Gasteiger partial charge in [0.05, 0.1) is 23.9 Å². The van der Waals surface area contributed by atoms with Crippen molar-refractivity contribution in [3.63, 3.8) is 0 Å². The van der Waals surface area contributed by atoms with Crippen LogP contribution in [-0.4, -0.2) is 16.8 Å². The van der Waals surface area contributed by atoms with Crippen molar-refractivity contribution in [2.24, 2.45) is 0 Å². The summed E-state index contributed by atoms with van der Waals surface area (Å²) in [4.78, 5) is 28.4. The zero-order chi connectivity index (χ0) is 17.8. The lowest BCUT2D eigenvalue weighted by Gasteiger charge is -2.03. The molecule has 0 atom stereocenters. The molecular weight excluding hydrogens is 362 g/mol. The van der Waals surface area contributed by atoms with Crippen LogP contribution in [0.4, 0.5) is 10.8 Å². The van der Waals surface area contributed by atoms with Gasteiger partial charge in [-0.25, -0.2) is 4.98 Å². The highest BCUT2D eigenvalue weighted by Gasteiger charge is 2.14. The fourth-order valence-electron chi connectivity index (χ4n) is 2.13. The summed E-state index contributed by atoms with van der Waals surface area (Å²) in [5, 5.41) is 8.23. The molecule has 1 aromatic carbocycles. The lowest BCUT2D eigenvalue weighted by Crippen LogP contribution is -2.15. The summed E-state index contributed by atoms with van der Waals surface area (Å²) in [7, 11) is 0. The Labute approximate surface area is 152 Å². The summed E-state index contributed by atoms with van der Waals surface area (Å²) in [6, 6.07) is 8.44. The zero-order valence-corrected chi connectivity index (χ0v) is 14.8. The molecule has 0 bridgehead atoms. The highest BCUT2D eigenvalue weighted by molar-refractivity contribution is 7.14. The maximum atomic E-state index is 12.1. The van der Waals surface area contributed by atoms with Gasteiger partial charge >= 0.3 is 0 Å². The van der Waals surface area contributed by atoms with Crippen LogP contribution in [0.2, 0.25) is 5.02 Å². The van der Waals surface area contributed by atoms with Gasteiger partial charge in [-0.3, -0.25) is 14.9 Å². The second-order valence-electron chi connectivity index (χ2n) is 5.22. The molecule has 0 aliphatic carbocycles. The van der Waals surface area contributed by atoms with E-state index in [0.29, 0.717) is 32.9 Å². The van der Waals surface area contributed by atoms with Crippen LogP contribution in [0.25, 0.3) is 0 Å². The number of halogens is 1. The number of hydrogen-bond acceptors (Lipinski definition) is 5. The number of rotatable bonds is 5. The fraction of sp³-hybridized carbons (Fsp3) is 0.118. The average Bonchev–Trinajstić information content (AvgIpc) is 3.18. The molecule has 2 amide bonds. The highest BCUT2D eigenvalue weighted by Crippen LogP contribution is 2.19. The molecule has 0 radical (unpaired) electrons. The zero-order valence-electron chi connectivity index (χ0n) is 13.2. The van der Waals surface area contributed by atoms with Crippen LogP contribution >= 0.6 is 22.9 Å². The fourth-order valence-corrected chi connectivity index (χ4v) is 2.96. The summed E-state index contributed by atoms with van der Waals surface area (Å²) < 4.78 is 5.11. The van der Waals surface area contributed by atoms with Crippen molar-refractivity contribution in [2.75, 3.05) is 10.6 Å². The number of benzene rings is 1. The van der Waals surface area contributed by atoms with Crippen molar-refractivity contribution < 1.29 is 14.0 Å². The molecule has 0 aliphatic heterocycles. The van der Waals surface area contributed by atoms with E-state index in [1.807, 2.05) is 0 Å². The van der Waals surface area contributed by atoms with E-state index in [-0.39, 0.29) is 18.2 Å². The van der Waals surface area contributed by atoms with Gasteiger partial charge < -0.3 is 9.73 Å². The van der Waals surface area contributed by atoms with Crippen molar-refractivity contribution >= 4 is 45.6 Å². The van der Waals surface area contributed by atoms with Crippen LogP contribution in [0.1, 0.15) is 21.8 Å². The topological polar surface area (TPSA) is 84.2 Å². The normalized spacial score (nSPS) is 10.5. The number of aromatic nitrogens is 1. The first-order chi connectivity index (χ1) is 12.0. The third-order valence-electron chi connectivity index (χ3n) is 3.35. The Hall–Kier alpha value is -2.64. The molecule has 3 aromatic rings. The highest BCUT2D eigenvalue weighted by atomic mass is 35.5. The van der Waals surface area contributed by atoms with Crippen LogP contribution in [0.5, 0.6) is 0 Å². The van der Waals surface area contributed by atoms with Crippen LogP contribution in [-0.2, 0) is 11.2 Å². The predicted molar refractivity (Wildman–Crippen MR) is 97.3 cm³/mol. The Morgan fingerprint density at radius 3 is 2.64 bits per heavy atom. The summed E-state index contributed by atoms with van der Waals surface area (Å²) in [6.45, 7) is 1.71. The van der Waals surface area contributed by atoms with Gasteiger partial charge in [0.1, 0.15) is 5.76 Å². The van der Waals surface area contributed by atoms with Crippen LogP contribution < -0.4 is 10.6 Å². The van der Waals surface area contributed by atoms with Gasteiger partial charge in [0.25, 0.3) is 5.91 Å². The molecule has 2 aromatic heterocycles. The first kappa shape index (κ1) is 17.2. The quantitative estimate of drug-likeness (QED) is 0.702. The lowest BCUT2D eigenvalue weighted by atomic mass is 10.2. The molecule has 2 N–H and O–H groups in total. The summed E-state index contributed by atoms with van der Waals surface area (Å²) in [6.07, 6.45) is 1.57. The molecule has 0 unspecified atom stereocenters. The number of nitrogens with zero attached hydrogens (tertiary/aromatic N) is 1. The minimum atomic E-state index is -0.294. The number of thiazole rings is 1. The van der Waals surface area contributed by atoms with Crippen molar-refractivity contribution in [1.29, 1.82) is 0 Å². The lowest BCUT2D eigenvalue weighted by molar-refractivity contribution is -0.115. The van der Waals surface area contributed by atoms with Crippen LogP contribution in [0, 0.1) is 6.92 Å². The number of furan rings is 1. The smallest absolute Gasteiger partial charge is 0.260 e. The van der Waals surface area contributed by atoms with Crippen molar-refractivity contribution in [2.45, 2.75) is 13.3 Å². The number of amides is 2. The van der Waals surface area contributed by atoms with E-state index in [0.717, 1.165) is 0 Å². The molecule has 128 valence electrons. The van der Waals surface area contributed by atoms with E-state index in [2.05, 4.69) is 15.6 Å². The van der Waals surface area contributed by atoms with Crippen molar-refractivity contribution in [1.82, 2.24) is 4.98 Å². The van der Waals surface area contributed by atoms with E-state index in [1.165, 1.54) is 17.6 Å². The summed E-state index contributed by atoms with van der Waals surface area (Å²) in [5.74, 6) is 0.0468. The van der Waals surface area contributed by atoms with Gasteiger partial charge in [-0.05, 0) is 37.3 Å². The number of carbonyl (C=O) groups is 2. The minimum absolute atomic E-state index is 0.111. The minimum Gasteiger partial charge on any atom is -0.469 e. The number of hydrogen-bond donors (Lipinski definition) is 2. The summed E-state index contributed by atoms with van der Waals surface area (Å²) in [5.41, 5.74) is 1.70. The molecule has 0 saturated heterocycles. The number of carbonyl (C=O) groups excluding carboxylic acids is 2. The second-order valence-corrected chi connectivity index (χ2v) is 6.51. The Morgan fingerprint density at radius 2 is 1.96 bits per heavy atom. The average molecular weight is 376 g/mol. The molecule has 2 heterocycles. The van der Waals surface area contributed by atoms with Gasteiger partial charge in [-0.1, -0.05) is 11.6 Å². The van der Waals surface area contributed by atoms with E-state index < -0.39 is 0 Å².